The van der Waals surface area contributed by atoms with Crippen LogP contribution in [-0.2, 0) is 13.2 Å². The Labute approximate surface area is 205 Å². The number of benzene rings is 4. The minimum Gasteiger partial charge on any atom is -0.488 e. The molecule has 4 nitrogen and oxygen atoms in total. The van der Waals surface area contributed by atoms with Gasteiger partial charge in [0.2, 0.25) is 0 Å². The lowest BCUT2D eigenvalue weighted by Crippen LogP contribution is -2.16. The fraction of sp³-hybridized carbons (Fsp3) is 0.167. The van der Waals surface area contributed by atoms with Gasteiger partial charge in [0, 0.05) is 6.07 Å². The summed E-state index contributed by atoms with van der Waals surface area (Å²) in [5.74, 6) is 0.155. The van der Waals surface area contributed by atoms with E-state index in [9.17, 15) is 9.18 Å². The van der Waals surface area contributed by atoms with E-state index in [-0.39, 0.29) is 18.2 Å². The van der Waals surface area contributed by atoms with Crippen LogP contribution in [0, 0.1) is 5.82 Å². The maximum Gasteiger partial charge on any atom is 0.259 e. The molecule has 4 aromatic rings. The Kier molecular flexibility index (Phi) is 7.78. The van der Waals surface area contributed by atoms with E-state index >= 15 is 0 Å². The van der Waals surface area contributed by atoms with E-state index in [0.29, 0.717) is 23.7 Å². The first-order valence-corrected chi connectivity index (χ1v) is 11.6. The second kappa shape index (κ2) is 11.3. The van der Waals surface area contributed by atoms with Crippen molar-refractivity contribution in [3.63, 3.8) is 0 Å². The van der Waals surface area contributed by atoms with Crippen LogP contribution >= 0.6 is 0 Å². The standard InChI is InChI=1S/C30H28FNO3/c1-21(2)24-17-25(30(33)32-27-16-10-9-15-26(27)31)29(35-20-23-13-7-4-8-14-23)18-28(24)34-19-22-11-5-3-6-12-22/h3-18,21H,19-20H2,1-2H3,(H,32,33). The molecule has 0 aliphatic carbocycles. The average molecular weight is 470 g/mol. The molecule has 35 heavy (non-hydrogen) atoms. The molecule has 0 aliphatic rings. The molecule has 5 heteroatoms. The molecule has 0 atom stereocenters. The zero-order valence-electron chi connectivity index (χ0n) is 19.8. The molecule has 1 amide bonds. The number of para-hydroxylation sites is 1. The number of anilines is 1. The molecular weight excluding hydrogens is 441 g/mol. The van der Waals surface area contributed by atoms with Gasteiger partial charge in [0.25, 0.3) is 5.91 Å². The lowest BCUT2D eigenvalue weighted by molar-refractivity contribution is 0.102. The summed E-state index contributed by atoms with van der Waals surface area (Å²) in [5.41, 5.74) is 3.30. The number of carbonyl (C=O) groups is 1. The maximum absolute atomic E-state index is 14.2. The first-order chi connectivity index (χ1) is 17.0. The van der Waals surface area contributed by atoms with Crippen molar-refractivity contribution in [2.24, 2.45) is 0 Å². The summed E-state index contributed by atoms with van der Waals surface area (Å²) in [5, 5.41) is 2.67. The predicted octanol–water partition coefficient (Wildman–Crippen LogP) is 7.36. The molecule has 178 valence electrons. The van der Waals surface area contributed by atoms with Gasteiger partial charge in [-0.25, -0.2) is 4.39 Å². The van der Waals surface area contributed by atoms with Crippen LogP contribution in [0.2, 0.25) is 0 Å². The van der Waals surface area contributed by atoms with Crippen molar-refractivity contribution in [1.82, 2.24) is 0 Å². The van der Waals surface area contributed by atoms with Crippen LogP contribution in [0.1, 0.15) is 46.8 Å². The van der Waals surface area contributed by atoms with Gasteiger partial charge < -0.3 is 14.8 Å². The van der Waals surface area contributed by atoms with Crippen LogP contribution < -0.4 is 14.8 Å². The molecule has 0 saturated carbocycles. The number of amides is 1. The molecule has 4 aromatic carbocycles. The van der Waals surface area contributed by atoms with E-state index in [1.54, 1.807) is 24.3 Å². The Morgan fingerprint density at radius 2 is 1.31 bits per heavy atom. The number of hydrogen-bond donors (Lipinski definition) is 1. The first kappa shape index (κ1) is 24.0. The number of nitrogens with one attached hydrogen (secondary N) is 1. The van der Waals surface area contributed by atoms with Crippen molar-refractivity contribution in [3.8, 4) is 11.5 Å². The first-order valence-electron chi connectivity index (χ1n) is 11.6. The highest BCUT2D eigenvalue weighted by Gasteiger charge is 2.21. The van der Waals surface area contributed by atoms with Crippen LogP contribution in [0.5, 0.6) is 11.5 Å². The molecule has 0 radical (unpaired) electrons. The Morgan fingerprint density at radius 1 is 0.771 bits per heavy atom. The summed E-state index contributed by atoms with van der Waals surface area (Å²) in [7, 11) is 0. The average Bonchev–Trinajstić information content (AvgIpc) is 2.88. The minimum absolute atomic E-state index is 0.0870. The Balaban J connectivity index is 1.68. The second-order valence-corrected chi connectivity index (χ2v) is 8.52. The SMILES string of the molecule is CC(C)c1cc(C(=O)Nc2ccccc2F)c(OCc2ccccc2)cc1OCc1ccccc1. The van der Waals surface area contributed by atoms with Crippen LogP contribution in [0.25, 0.3) is 0 Å². The quantitative estimate of drug-likeness (QED) is 0.279. The van der Waals surface area contributed by atoms with Gasteiger partial charge in [0.1, 0.15) is 30.5 Å². The summed E-state index contributed by atoms with van der Waals surface area (Å²) in [6, 6.07) is 29.2. The normalized spacial score (nSPS) is 10.7. The van der Waals surface area contributed by atoms with Gasteiger partial charge in [-0.05, 0) is 40.8 Å². The smallest absolute Gasteiger partial charge is 0.259 e. The summed E-state index contributed by atoms with van der Waals surface area (Å²) in [6.45, 7) is 4.74. The van der Waals surface area contributed by atoms with Crippen molar-refractivity contribution in [3.05, 3.63) is 125 Å². The van der Waals surface area contributed by atoms with Crippen LogP contribution in [0.15, 0.2) is 97.1 Å². The van der Waals surface area contributed by atoms with Crippen molar-refractivity contribution < 1.29 is 18.7 Å². The highest BCUT2D eigenvalue weighted by Crippen LogP contribution is 2.35. The van der Waals surface area contributed by atoms with Crippen LogP contribution in [-0.4, -0.2) is 5.91 Å². The topological polar surface area (TPSA) is 47.6 Å². The molecule has 0 bridgehead atoms. The zero-order chi connectivity index (χ0) is 24.6. The number of halogens is 1. The Morgan fingerprint density at radius 3 is 1.89 bits per heavy atom. The van der Waals surface area contributed by atoms with E-state index in [2.05, 4.69) is 5.32 Å². The molecule has 4 rings (SSSR count). The monoisotopic (exact) mass is 469 g/mol. The van der Waals surface area contributed by atoms with Gasteiger partial charge in [-0.15, -0.1) is 0 Å². The van der Waals surface area contributed by atoms with Gasteiger partial charge in [-0.2, -0.15) is 0 Å². The lowest BCUT2D eigenvalue weighted by atomic mass is 9.98. The van der Waals surface area contributed by atoms with Gasteiger partial charge in [0.15, 0.2) is 0 Å². The number of rotatable bonds is 9. The van der Waals surface area contributed by atoms with Crippen molar-refractivity contribution >= 4 is 11.6 Å². The van der Waals surface area contributed by atoms with Gasteiger partial charge in [0.05, 0.1) is 11.3 Å². The van der Waals surface area contributed by atoms with Crippen molar-refractivity contribution in [2.45, 2.75) is 33.0 Å². The van der Waals surface area contributed by atoms with Gasteiger partial charge >= 0.3 is 0 Å². The fourth-order valence-corrected chi connectivity index (χ4v) is 3.67. The summed E-state index contributed by atoms with van der Waals surface area (Å²) < 4.78 is 26.5. The molecule has 0 saturated heterocycles. The molecular formula is C30H28FNO3. The minimum atomic E-state index is -0.500. The largest absolute Gasteiger partial charge is 0.488 e. The highest BCUT2D eigenvalue weighted by atomic mass is 19.1. The molecule has 0 aliphatic heterocycles. The maximum atomic E-state index is 14.2. The number of ether oxygens (including phenoxy) is 2. The molecule has 0 spiro atoms. The second-order valence-electron chi connectivity index (χ2n) is 8.52. The lowest BCUT2D eigenvalue weighted by Gasteiger charge is -2.19. The van der Waals surface area contributed by atoms with Crippen LogP contribution in [0.3, 0.4) is 0 Å². The predicted molar refractivity (Wildman–Crippen MR) is 136 cm³/mol. The third-order valence-corrected chi connectivity index (χ3v) is 5.58. The fourth-order valence-electron chi connectivity index (χ4n) is 3.67. The zero-order valence-corrected chi connectivity index (χ0v) is 19.8. The Bertz CT molecular complexity index is 1270. The number of hydrogen-bond acceptors (Lipinski definition) is 3. The molecule has 0 unspecified atom stereocenters. The van der Waals surface area contributed by atoms with Crippen LogP contribution in [0.4, 0.5) is 10.1 Å². The Hall–Kier alpha value is -4.12. The summed E-state index contributed by atoms with van der Waals surface area (Å²) in [6.07, 6.45) is 0. The van der Waals surface area contributed by atoms with Gasteiger partial charge in [-0.1, -0.05) is 86.6 Å². The van der Waals surface area contributed by atoms with E-state index in [1.807, 2.05) is 74.5 Å². The molecule has 0 aromatic heterocycles. The van der Waals surface area contributed by atoms with E-state index in [1.165, 1.54) is 12.1 Å². The molecule has 0 fully saturated rings. The summed E-state index contributed by atoms with van der Waals surface area (Å²) >= 11 is 0. The molecule has 0 heterocycles. The number of carbonyl (C=O) groups excluding carboxylic acids is 1. The van der Waals surface area contributed by atoms with Gasteiger partial charge in [-0.3, -0.25) is 4.79 Å². The third kappa shape index (κ3) is 6.27. The van der Waals surface area contributed by atoms with Crippen molar-refractivity contribution in [1.29, 1.82) is 0 Å². The van der Waals surface area contributed by atoms with E-state index in [4.69, 9.17) is 9.47 Å². The van der Waals surface area contributed by atoms with E-state index < -0.39 is 11.7 Å². The third-order valence-electron chi connectivity index (χ3n) is 5.58. The summed E-state index contributed by atoms with van der Waals surface area (Å²) in [4.78, 5) is 13.3. The molecule has 1 N–H and O–H groups in total. The highest BCUT2D eigenvalue weighted by molar-refractivity contribution is 6.06. The van der Waals surface area contributed by atoms with E-state index in [0.717, 1.165) is 16.7 Å². The van der Waals surface area contributed by atoms with Crippen molar-refractivity contribution in [2.75, 3.05) is 5.32 Å².